The SMILES string of the molecule is CCc1ccc(NC(=O)C(CC)CC)cc1[N+](=O)[O-]. The standard InChI is InChI=1S/C14H20N2O3/c1-4-10(5-2)14(17)15-12-8-7-11(6-3)13(9-12)16(18)19/h7-10H,4-6H2,1-3H3,(H,15,17). The minimum atomic E-state index is -0.411. The van der Waals surface area contributed by atoms with E-state index in [0.29, 0.717) is 17.7 Å². The van der Waals surface area contributed by atoms with E-state index in [-0.39, 0.29) is 17.5 Å². The van der Waals surface area contributed by atoms with Crippen molar-refractivity contribution in [3.05, 3.63) is 33.9 Å². The summed E-state index contributed by atoms with van der Waals surface area (Å²) in [5.74, 6) is -0.131. The van der Waals surface area contributed by atoms with Crippen LogP contribution in [-0.4, -0.2) is 10.8 Å². The number of nitrogens with zero attached hydrogens (tertiary/aromatic N) is 1. The number of carbonyl (C=O) groups is 1. The zero-order valence-electron chi connectivity index (χ0n) is 11.6. The number of hydrogen-bond acceptors (Lipinski definition) is 3. The molecule has 19 heavy (non-hydrogen) atoms. The van der Waals surface area contributed by atoms with E-state index in [0.717, 1.165) is 12.8 Å². The van der Waals surface area contributed by atoms with E-state index in [4.69, 9.17) is 0 Å². The second kappa shape index (κ2) is 6.87. The smallest absolute Gasteiger partial charge is 0.274 e. The van der Waals surface area contributed by atoms with Crippen LogP contribution in [0.2, 0.25) is 0 Å². The first-order valence-corrected chi connectivity index (χ1v) is 6.61. The highest BCUT2D eigenvalue weighted by molar-refractivity contribution is 5.92. The van der Waals surface area contributed by atoms with Crippen LogP contribution in [0.5, 0.6) is 0 Å². The molecule has 0 aromatic heterocycles. The van der Waals surface area contributed by atoms with E-state index in [1.807, 2.05) is 20.8 Å². The lowest BCUT2D eigenvalue weighted by Gasteiger charge is -2.13. The Morgan fingerprint density at radius 2 is 1.95 bits per heavy atom. The number of benzene rings is 1. The monoisotopic (exact) mass is 264 g/mol. The van der Waals surface area contributed by atoms with Crippen LogP contribution in [0.3, 0.4) is 0 Å². The third-order valence-electron chi connectivity index (χ3n) is 3.29. The van der Waals surface area contributed by atoms with E-state index in [1.165, 1.54) is 6.07 Å². The van der Waals surface area contributed by atoms with Gasteiger partial charge in [0, 0.05) is 23.2 Å². The molecule has 0 aliphatic carbocycles. The Bertz CT molecular complexity index is 468. The van der Waals surface area contributed by atoms with E-state index in [1.54, 1.807) is 12.1 Å². The van der Waals surface area contributed by atoms with E-state index in [9.17, 15) is 14.9 Å². The van der Waals surface area contributed by atoms with Crippen molar-refractivity contribution in [3.63, 3.8) is 0 Å². The number of anilines is 1. The summed E-state index contributed by atoms with van der Waals surface area (Å²) in [4.78, 5) is 22.5. The largest absolute Gasteiger partial charge is 0.326 e. The summed E-state index contributed by atoms with van der Waals surface area (Å²) in [5.41, 5.74) is 1.22. The quantitative estimate of drug-likeness (QED) is 0.631. The highest BCUT2D eigenvalue weighted by atomic mass is 16.6. The molecule has 0 bridgehead atoms. The van der Waals surface area contributed by atoms with Gasteiger partial charge in [0.2, 0.25) is 5.91 Å². The third-order valence-corrected chi connectivity index (χ3v) is 3.29. The Kier molecular flexibility index (Phi) is 5.48. The summed E-state index contributed by atoms with van der Waals surface area (Å²) >= 11 is 0. The minimum Gasteiger partial charge on any atom is -0.326 e. The van der Waals surface area contributed by atoms with Crippen LogP contribution in [-0.2, 0) is 11.2 Å². The topological polar surface area (TPSA) is 72.2 Å². The van der Waals surface area contributed by atoms with Crippen molar-refractivity contribution < 1.29 is 9.72 Å². The van der Waals surface area contributed by atoms with Gasteiger partial charge in [-0.25, -0.2) is 0 Å². The Hall–Kier alpha value is -1.91. The lowest BCUT2D eigenvalue weighted by Crippen LogP contribution is -2.21. The number of rotatable bonds is 6. The average molecular weight is 264 g/mol. The van der Waals surface area contributed by atoms with Gasteiger partial charge in [-0.3, -0.25) is 14.9 Å². The fourth-order valence-electron chi connectivity index (χ4n) is 2.01. The number of nitrogens with one attached hydrogen (secondary N) is 1. The molecule has 1 rings (SSSR count). The van der Waals surface area contributed by atoms with Gasteiger partial charge in [0.25, 0.3) is 5.69 Å². The first-order chi connectivity index (χ1) is 9.03. The first-order valence-electron chi connectivity index (χ1n) is 6.61. The Balaban J connectivity index is 2.94. The maximum Gasteiger partial charge on any atom is 0.274 e. The van der Waals surface area contributed by atoms with Gasteiger partial charge < -0.3 is 5.32 Å². The van der Waals surface area contributed by atoms with Gasteiger partial charge >= 0.3 is 0 Å². The highest BCUT2D eigenvalue weighted by Crippen LogP contribution is 2.24. The minimum absolute atomic E-state index is 0.0510. The Morgan fingerprint density at radius 3 is 2.42 bits per heavy atom. The number of hydrogen-bond donors (Lipinski definition) is 1. The van der Waals surface area contributed by atoms with Gasteiger partial charge in [-0.15, -0.1) is 0 Å². The van der Waals surface area contributed by atoms with Crippen molar-refractivity contribution in [3.8, 4) is 0 Å². The fourth-order valence-corrected chi connectivity index (χ4v) is 2.01. The van der Waals surface area contributed by atoms with Gasteiger partial charge in [0.15, 0.2) is 0 Å². The molecule has 0 heterocycles. The van der Waals surface area contributed by atoms with Crippen LogP contribution in [0.4, 0.5) is 11.4 Å². The molecule has 5 nitrogen and oxygen atoms in total. The van der Waals surface area contributed by atoms with Crippen molar-refractivity contribution in [2.24, 2.45) is 5.92 Å². The lowest BCUT2D eigenvalue weighted by molar-refractivity contribution is -0.385. The van der Waals surface area contributed by atoms with Crippen molar-refractivity contribution in [2.75, 3.05) is 5.32 Å². The maximum atomic E-state index is 11.9. The second-order valence-electron chi connectivity index (χ2n) is 4.46. The van der Waals surface area contributed by atoms with E-state index < -0.39 is 4.92 Å². The number of carbonyl (C=O) groups excluding carboxylic acids is 1. The predicted molar refractivity (Wildman–Crippen MR) is 75.2 cm³/mol. The molecular weight excluding hydrogens is 244 g/mol. The van der Waals surface area contributed by atoms with Crippen LogP contribution >= 0.6 is 0 Å². The molecule has 0 aliphatic rings. The Labute approximate surface area is 113 Å². The molecule has 1 aromatic carbocycles. The highest BCUT2D eigenvalue weighted by Gasteiger charge is 2.17. The molecule has 0 saturated carbocycles. The molecule has 0 radical (unpaired) electrons. The van der Waals surface area contributed by atoms with Crippen LogP contribution in [0, 0.1) is 16.0 Å². The van der Waals surface area contributed by atoms with Gasteiger partial charge in [0.1, 0.15) is 0 Å². The second-order valence-corrected chi connectivity index (χ2v) is 4.46. The average Bonchev–Trinajstić information content (AvgIpc) is 2.40. The zero-order chi connectivity index (χ0) is 14.4. The fraction of sp³-hybridized carbons (Fsp3) is 0.500. The molecule has 0 spiro atoms. The number of amides is 1. The van der Waals surface area contributed by atoms with Crippen molar-refractivity contribution in [1.29, 1.82) is 0 Å². The molecule has 0 aliphatic heterocycles. The summed E-state index contributed by atoms with van der Waals surface area (Å²) in [6.45, 7) is 5.78. The van der Waals surface area contributed by atoms with Crippen molar-refractivity contribution in [1.82, 2.24) is 0 Å². The molecule has 1 aromatic rings. The van der Waals surface area contributed by atoms with E-state index in [2.05, 4.69) is 5.32 Å². The molecule has 0 saturated heterocycles. The van der Waals surface area contributed by atoms with E-state index >= 15 is 0 Å². The maximum absolute atomic E-state index is 11.9. The summed E-state index contributed by atoms with van der Waals surface area (Å²) in [6, 6.07) is 4.84. The summed E-state index contributed by atoms with van der Waals surface area (Å²) in [7, 11) is 0. The van der Waals surface area contributed by atoms with Crippen LogP contribution in [0.25, 0.3) is 0 Å². The molecule has 1 amide bonds. The van der Waals surface area contributed by atoms with Crippen LogP contribution < -0.4 is 5.32 Å². The zero-order valence-corrected chi connectivity index (χ0v) is 11.6. The molecule has 1 N–H and O–H groups in total. The predicted octanol–water partition coefficient (Wildman–Crippen LogP) is 3.53. The van der Waals surface area contributed by atoms with Crippen molar-refractivity contribution >= 4 is 17.3 Å². The third kappa shape index (κ3) is 3.77. The van der Waals surface area contributed by atoms with Gasteiger partial charge in [-0.05, 0) is 25.3 Å². The molecular formula is C14H20N2O3. The van der Waals surface area contributed by atoms with Gasteiger partial charge in [-0.1, -0.05) is 26.8 Å². The number of nitro groups is 1. The summed E-state index contributed by atoms with van der Waals surface area (Å²) < 4.78 is 0. The molecule has 104 valence electrons. The number of nitro benzene ring substituents is 1. The molecule has 0 atom stereocenters. The summed E-state index contributed by atoms with van der Waals surface area (Å²) in [5, 5.41) is 13.7. The molecule has 0 fully saturated rings. The molecule has 0 unspecified atom stereocenters. The van der Waals surface area contributed by atoms with Gasteiger partial charge in [-0.2, -0.15) is 0 Å². The summed E-state index contributed by atoms with van der Waals surface area (Å²) in [6.07, 6.45) is 2.12. The van der Waals surface area contributed by atoms with Gasteiger partial charge in [0.05, 0.1) is 4.92 Å². The Morgan fingerprint density at radius 1 is 1.32 bits per heavy atom. The first kappa shape index (κ1) is 15.1. The van der Waals surface area contributed by atoms with Crippen LogP contribution in [0.1, 0.15) is 39.2 Å². The van der Waals surface area contributed by atoms with Crippen molar-refractivity contribution in [2.45, 2.75) is 40.0 Å². The normalized spacial score (nSPS) is 10.5. The van der Waals surface area contributed by atoms with Crippen LogP contribution in [0.15, 0.2) is 18.2 Å². The lowest BCUT2D eigenvalue weighted by atomic mass is 10.0. The molecule has 5 heteroatoms. The number of aryl methyl sites for hydroxylation is 1.